The molecule has 0 aliphatic heterocycles. The van der Waals surface area contributed by atoms with Crippen LogP contribution < -0.4 is 5.32 Å². The van der Waals surface area contributed by atoms with Gasteiger partial charge in [-0.2, -0.15) is 0 Å². The number of nitrogens with one attached hydrogen (secondary N) is 1. The summed E-state index contributed by atoms with van der Waals surface area (Å²) in [6.45, 7) is 4.31. The minimum absolute atomic E-state index is 0.183. The molecule has 106 valence electrons. The topological polar surface area (TPSA) is 12.0 Å². The summed E-state index contributed by atoms with van der Waals surface area (Å²) in [6, 6.07) is 15.7. The molecule has 1 nitrogen and oxygen atoms in total. The maximum atomic E-state index is 12.9. The Balaban J connectivity index is 1.92. The molecule has 2 aromatic carbocycles. The van der Waals surface area contributed by atoms with Gasteiger partial charge in [0.15, 0.2) is 0 Å². The first-order chi connectivity index (χ1) is 9.54. The van der Waals surface area contributed by atoms with E-state index in [9.17, 15) is 4.39 Å². The van der Waals surface area contributed by atoms with Gasteiger partial charge in [-0.15, -0.1) is 0 Å². The van der Waals surface area contributed by atoms with Crippen LogP contribution in [-0.4, -0.2) is 6.04 Å². The average molecular weight is 336 g/mol. The summed E-state index contributed by atoms with van der Waals surface area (Å²) in [6.07, 6.45) is 0.890. The second kappa shape index (κ2) is 7.00. The zero-order valence-corrected chi connectivity index (χ0v) is 13.3. The molecule has 0 saturated heterocycles. The van der Waals surface area contributed by atoms with Gasteiger partial charge < -0.3 is 5.32 Å². The highest BCUT2D eigenvalue weighted by Gasteiger charge is 2.10. The first-order valence-corrected chi connectivity index (χ1v) is 7.60. The Kier molecular flexibility index (Phi) is 5.32. The molecule has 0 bridgehead atoms. The SMILES string of the molecule is CC(Cc1ccc(F)cc1)N[C@H](C)c1ccc(Br)cc1. The molecule has 1 N–H and O–H groups in total. The summed E-state index contributed by atoms with van der Waals surface area (Å²) in [7, 11) is 0. The Morgan fingerprint density at radius 2 is 1.60 bits per heavy atom. The largest absolute Gasteiger partial charge is 0.307 e. The van der Waals surface area contributed by atoms with Crippen LogP contribution in [0.25, 0.3) is 0 Å². The van der Waals surface area contributed by atoms with Gasteiger partial charge in [-0.05, 0) is 55.7 Å². The molecule has 1 unspecified atom stereocenters. The van der Waals surface area contributed by atoms with E-state index in [4.69, 9.17) is 0 Å². The third-order valence-electron chi connectivity index (χ3n) is 3.36. The van der Waals surface area contributed by atoms with Gasteiger partial charge >= 0.3 is 0 Å². The molecule has 0 radical (unpaired) electrons. The molecule has 0 fully saturated rings. The fourth-order valence-corrected chi connectivity index (χ4v) is 2.57. The van der Waals surface area contributed by atoms with Gasteiger partial charge in [0.05, 0.1) is 0 Å². The number of benzene rings is 2. The third kappa shape index (κ3) is 4.43. The summed E-state index contributed by atoms with van der Waals surface area (Å²) >= 11 is 3.44. The smallest absolute Gasteiger partial charge is 0.123 e. The van der Waals surface area contributed by atoms with Crippen molar-refractivity contribution in [3.8, 4) is 0 Å². The molecular weight excluding hydrogens is 317 g/mol. The van der Waals surface area contributed by atoms with Crippen molar-refractivity contribution in [1.29, 1.82) is 0 Å². The zero-order valence-electron chi connectivity index (χ0n) is 11.7. The number of hydrogen-bond donors (Lipinski definition) is 1. The van der Waals surface area contributed by atoms with E-state index in [2.05, 4.69) is 59.4 Å². The van der Waals surface area contributed by atoms with Crippen LogP contribution in [0.5, 0.6) is 0 Å². The third-order valence-corrected chi connectivity index (χ3v) is 3.89. The first kappa shape index (κ1) is 15.2. The normalized spacial score (nSPS) is 14.0. The minimum Gasteiger partial charge on any atom is -0.307 e. The van der Waals surface area contributed by atoms with Crippen LogP contribution in [0.4, 0.5) is 4.39 Å². The van der Waals surface area contributed by atoms with E-state index in [0.29, 0.717) is 12.1 Å². The molecule has 0 aromatic heterocycles. The van der Waals surface area contributed by atoms with E-state index < -0.39 is 0 Å². The highest BCUT2D eigenvalue weighted by atomic mass is 79.9. The molecule has 0 saturated carbocycles. The molecule has 2 aromatic rings. The quantitative estimate of drug-likeness (QED) is 0.821. The number of halogens is 2. The van der Waals surface area contributed by atoms with Crippen molar-refractivity contribution in [2.75, 3.05) is 0 Å². The van der Waals surface area contributed by atoms with Crippen molar-refractivity contribution in [3.05, 3.63) is 69.9 Å². The lowest BCUT2D eigenvalue weighted by atomic mass is 10.0. The van der Waals surface area contributed by atoms with Gasteiger partial charge in [-0.3, -0.25) is 0 Å². The van der Waals surface area contributed by atoms with Crippen molar-refractivity contribution < 1.29 is 4.39 Å². The molecule has 20 heavy (non-hydrogen) atoms. The van der Waals surface area contributed by atoms with Gasteiger partial charge in [0.25, 0.3) is 0 Å². The Morgan fingerprint density at radius 1 is 1.00 bits per heavy atom. The van der Waals surface area contributed by atoms with E-state index in [1.807, 2.05) is 12.1 Å². The lowest BCUT2D eigenvalue weighted by Gasteiger charge is -2.20. The molecule has 0 amide bonds. The fraction of sp³-hybridized carbons (Fsp3) is 0.294. The molecule has 0 spiro atoms. The van der Waals surface area contributed by atoms with Crippen LogP contribution in [0.2, 0.25) is 0 Å². The van der Waals surface area contributed by atoms with E-state index >= 15 is 0 Å². The van der Waals surface area contributed by atoms with Crippen molar-refractivity contribution in [3.63, 3.8) is 0 Å². The Bertz CT molecular complexity index is 536. The predicted molar refractivity (Wildman–Crippen MR) is 85.3 cm³/mol. The highest BCUT2D eigenvalue weighted by molar-refractivity contribution is 9.10. The number of hydrogen-bond acceptors (Lipinski definition) is 1. The standard InChI is InChI=1S/C17H19BrFN/c1-12(11-14-3-9-17(19)10-4-14)20-13(2)15-5-7-16(18)8-6-15/h3-10,12-13,20H,11H2,1-2H3/t12?,13-/m1/s1. The van der Waals surface area contributed by atoms with Gasteiger partial charge in [0, 0.05) is 16.6 Å². The Hall–Kier alpha value is -1.19. The zero-order chi connectivity index (χ0) is 14.5. The molecular formula is C17H19BrFN. The summed E-state index contributed by atoms with van der Waals surface area (Å²) in [4.78, 5) is 0. The molecule has 2 atom stereocenters. The van der Waals surface area contributed by atoms with E-state index in [1.165, 1.54) is 17.7 Å². The predicted octanol–water partition coefficient (Wildman–Crippen LogP) is 4.87. The first-order valence-electron chi connectivity index (χ1n) is 6.80. The average Bonchev–Trinajstić information content (AvgIpc) is 2.42. The minimum atomic E-state index is -0.183. The van der Waals surface area contributed by atoms with Crippen molar-refractivity contribution in [2.24, 2.45) is 0 Å². The maximum absolute atomic E-state index is 12.9. The molecule has 2 rings (SSSR count). The van der Waals surface area contributed by atoms with Crippen LogP contribution >= 0.6 is 15.9 Å². The Labute approximate surface area is 128 Å². The van der Waals surface area contributed by atoms with Crippen molar-refractivity contribution >= 4 is 15.9 Å². The van der Waals surface area contributed by atoms with Crippen LogP contribution in [0, 0.1) is 5.82 Å². The molecule has 3 heteroatoms. The molecule has 0 aliphatic carbocycles. The number of rotatable bonds is 5. The van der Waals surface area contributed by atoms with Crippen LogP contribution in [0.15, 0.2) is 53.0 Å². The summed E-state index contributed by atoms with van der Waals surface area (Å²) in [5.41, 5.74) is 2.41. The van der Waals surface area contributed by atoms with E-state index in [0.717, 1.165) is 16.5 Å². The molecule has 0 aliphatic rings. The highest BCUT2D eigenvalue weighted by Crippen LogP contribution is 2.17. The summed E-state index contributed by atoms with van der Waals surface area (Å²) in [5, 5.41) is 3.57. The maximum Gasteiger partial charge on any atom is 0.123 e. The summed E-state index contributed by atoms with van der Waals surface area (Å²) in [5.74, 6) is -0.183. The monoisotopic (exact) mass is 335 g/mol. The second-order valence-electron chi connectivity index (χ2n) is 5.17. The molecule has 0 heterocycles. The lowest BCUT2D eigenvalue weighted by Crippen LogP contribution is -2.30. The van der Waals surface area contributed by atoms with Gasteiger partial charge in [0.2, 0.25) is 0 Å². The van der Waals surface area contributed by atoms with Crippen LogP contribution in [-0.2, 0) is 6.42 Å². The van der Waals surface area contributed by atoms with Gasteiger partial charge in [-0.25, -0.2) is 4.39 Å². The van der Waals surface area contributed by atoms with Crippen molar-refractivity contribution in [1.82, 2.24) is 5.32 Å². The van der Waals surface area contributed by atoms with Gasteiger partial charge in [0.1, 0.15) is 5.82 Å². The van der Waals surface area contributed by atoms with Crippen LogP contribution in [0.3, 0.4) is 0 Å². The second-order valence-corrected chi connectivity index (χ2v) is 6.09. The van der Waals surface area contributed by atoms with Crippen molar-refractivity contribution in [2.45, 2.75) is 32.4 Å². The fourth-order valence-electron chi connectivity index (χ4n) is 2.31. The summed E-state index contributed by atoms with van der Waals surface area (Å²) < 4.78 is 14.0. The van der Waals surface area contributed by atoms with E-state index in [1.54, 1.807) is 0 Å². The lowest BCUT2D eigenvalue weighted by molar-refractivity contribution is 0.477. The van der Waals surface area contributed by atoms with Gasteiger partial charge in [-0.1, -0.05) is 40.2 Å². The van der Waals surface area contributed by atoms with Crippen LogP contribution in [0.1, 0.15) is 31.0 Å². The van der Waals surface area contributed by atoms with E-state index in [-0.39, 0.29) is 5.82 Å². The Morgan fingerprint density at radius 3 is 2.20 bits per heavy atom.